The Balaban J connectivity index is -0.000000611. The second kappa shape index (κ2) is 28.9. The van der Waals surface area contributed by atoms with E-state index < -0.39 is 0 Å². The van der Waals surface area contributed by atoms with E-state index in [9.17, 15) is 0 Å². The summed E-state index contributed by atoms with van der Waals surface area (Å²) >= 11 is 0. The molecule has 54 heavy (non-hydrogen) atoms. The van der Waals surface area contributed by atoms with Crippen molar-refractivity contribution >= 4 is 0 Å². The van der Waals surface area contributed by atoms with E-state index in [1.807, 2.05) is 34.6 Å². The molecule has 3 radical (unpaired) electrons. The Kier molecular flexibility index (Phi) is 32.0. The van der Waals surface area contributed by atoms with Crippen LogP contribution in [0.3, 0.4) is 0 Å². The smallest absolute Gasteiger partial charge is 0.0545 e. The minimum absolute atomic E-state index is 0. The predicted molar refractivity (Wildman–Crippen MR) is 214 cm³/mol. The largest absolute Gasteiger partial charge is 0.507 e. The van der Waals surface area contributed by atoms with Crippen molar-refractivity contribution in [1.29, 1.82) is 0 Å². The fourth-order valence-electron chi connectivity index (χ4n) is 7.88. The second-order valence-electron chi connectivity index (χ2n) is 17.5. The van der Waals surface area contributed by atoms with E-state index in [1.54, 1.807) is 12.8 Å². The quantitative estimate of drug-likeness (QED) is 0.161. The van der Waals surface area contributed by atoms with Gasteiger partial charge in [0.25, 0.3) is 0 Å². The van der Waals surface area contributed by atoms with Gasteiger partial charge in [-0.3, -0.25) is 18.4 Å². The van der Waals surface area contributed by atoms with Gasteiger partial charge < -0.3 is 34.5 Å². The molecule has 0 unspecified atom stereocenters. The van der Waals surface area contributed by atoms with E-state index >= 15 is 0 Å². The average molecular weight is 979 g/mol. The maximum atomic E-state index is 5.46. The van der Waals surface area contributed by atoms with Crippen LogP contribution in [0.5, 0.6) is 0 Å². The maximum Gasteiger partial charge on any atom is 0.0545 e. The third-order valence-corrected chi connectivity index (χ3v) is 9.65. The van der Waals surface area contributed by atoms with E-state index in [0.29, 0.717) is 33.5 Å². The Morgan fingerprint density at radius 3 is 0.944 bits per heavy atom. The van der Waals surface area contributed by atoms with Crippen molar-refractivity contribution in [3.8, 4) is 0 Å². The van der Waals surface area contributed by atoms with Crippen molar-refractivity contribution in [2.24, 2.45) is 33.5 Å². The molecule has 0 saturated carbocycles. The summed E-state index contributed by atoms with van der Waals surface area (Å²) in [5.41, 5.74) is 7.20. The van der Waals surface area contributed by atoms with Gasteiger partial charge in [0.1, 0.15) is 0 Å². The van der Waals surface area contributed by atoms with E-state index in [1.165, 1.54) is 23.5 Å². The molecule has 0 N–H and O–H groups in total. The molecular weight excluding hydrogens is 903 g/mol. The van der Waals surface area contributed by atoms with Crippen LogP contribution < -0.4 is 0 Å². The van der Waals surface area contributed by atoms with Gasteiger partial charge in [0.15, 0.2) is 0 Å². The number of rotatable bonds is 10. The van der Waals surface area contributed by atoms with Crippen LogP contribution >= 0.6 is 0 Å². The third-order valence-electron chi connectivity index (χ3n) is 9.65. The minimum atomic E-state index is 0. The molecule has 6 nitrogen and oxygen atoms in total. The van der Waals surface area contributed by atoms with Gasteiger partial charge in [-0.05, 0) is 52.4 Å². The summed E-state index contributed by atoms with van der Waals surface area (Å²) in [7, 11) is 0. The van der Waals surface area contributed by atoms with Gasteiger partial charge in [0, 0.05) is 120 Å². The molecule has 0 spiro atoms. The van der Waals surface area contributed by atoms with Crippen molar-refractivity contribution in [2.45, 2.75) is 89.0 Å². The summed E-state index contributed by atoms with van der Waals surface area (Å²) < 4.78 is 31.4. The van der Waals surface area contributed by atoms with Crippen LogP contribution in [0.25, 0.3) is 0 Å². The molecule has 0 aliphatic carbocycles. The number of hydrogen-bond acceptors (Lipinski definition) is 6. The van der Waals surface area contributed by atoms with Crippen molar-refractivity contribution in [1.82, 2.24) is 0 Å². The summed E-state index contributed by atoms with van der Waals surface area (Å²) in [4.78, 5) is 0. The maximum absolute atomic E-state index is 5.46. The summed E-state index contributed by atoms with van der Waals surface area (Å²) in [6.07, 6.45) is 4.69. The molecule has 6 fully saturated rings. The molecule has 6 aliphatic rings. The van der Waals surface area contributed by atoms with Crippen LogP contribution in [0.1, 0.15) is 89.0 Å². The predicted octanol–water partition coefficient (Wildman–Crippen LogP) is 10.2. The van der Waals surface area contributed by atoms with Crippen molar-refractivity contribution in [3.05, 3.63) is 85.3 Å². The van der Waals surface area contributed by atoms with Crippen molar-refractivity contribution < 1.29 is 127 Å². The van der Waals surface area contributed by atoms with Crippen LogP contribution in [0.4, 0.5) is 0 Å². The zero-order valence-electron chi connectivity index (χ0n) is 36.5. The van der Waals surface area contributed by atoms with Gasteiger partial charge in [-0.2, -0.15) is 20.3 Å². The fourth-order valence-corrected chi connectivity index (χ4v) is 7.88. The Hall–Kier alpha value is 1.51. The molecule has 0 amide bonds. The molecule has 0 aromatic heterocycles. The van der Waals surface area contributed by atoms with Gasteiger partial charge in [-0.25, -0.2) is 0 Å². The Morgan fingerprint density at radius 2 is 0.852 bits per heavy atom. The van der Waals surface area contributed by atoms with E-state index in [4.69, 9.17) is 28.4 Å². The minimum Gasteiger partial charge on any atom is -0.507 e. The normalized spacial score (nSPS) is 21.2. The van der Waals surface area contributed by atoms with E-state index in [0.717, 1.165) is 102 Å². The number of allylic oxidation sites excluding steroid dienone is 6. The van der Waals surface area contributed by atoms with Gasteiger partial charge in [0.2, 0.25) is 0 Å². The van der Waals surface area contributed by atoms with Crippen LogP contribution in [-0.2, 0) is 127 Å². The SMILES string of the molecule is C=C(C)C(C(=C)C)C(=C)C.C=C(C)CC(=C)C.C=[C-]C.CC1(C(C2(C)COC2)C2(C)COC2)COC1.CC1(C[C-]2COC2)COC1.C[C-]1COC1.[Y].[Y].[Y]. The second-order valence-corrected chi connectivity index (χ2v) is 17.5. The van der Waals surface area contributed by atoms with Gasteiger partial charge >= 0.3 is 0 Å². The van der Waals surface area contributed by atoms with Crippen LogP contribution in [-0.4, -0.2) is 79.3 Å². The molecule has 0 atom stereocenters. The Bertz CT molecular complexity index is 1050. The first kappa shape index (κ1) is 59.8. The Labute approximate surface area is 408 Å². The average Bonchev–Trinajstić information content (AvgIpc) is 2.90. The van der Waals surface area contributed by atoms with Gasteiger partial charge in [-0.1, -0.05) is 115 Å². The zero-order chi connectivity index (χ0) is 39.0. The first-order valence-corrected chi connectivity index (χ1v) is 18.5. The number of hydrogen-bond donors (Lipinski definition) is 0. The molecule has 0 bridgehead atoms. The van der Waals surface area contributed by atoms with E-state index in [-0.39, 0.29) is 98.1 Å². The van der Waals surface area contributed by atoms with Gasteiger partial charge in [0.05, 0.1) is 52.9 Å². The van der Waals surface area contributed by atoms with Crippen LogP contribution in [0, 0.1) is 51.4 Å². The summed E-state index contributed by atoms with van der Waals surface area (Å²) in [5.74, 6) is 3.99. The molecule has 6 heterocycles. The van der Waals surface area contributed by atoms with Crippen molar-refractivity contribution in [2.75, 3.05) is 79.3 Å². The summed E-state index contributed by atoms with van der Waals surface area (Å²) in [6.45, 7) is 56.5. The topological polar surface area (TPSA) is 55.4 Å². The van der Waals surface area contributed by atoms with Crippen molar-refractivity contribution in [3.63, 3.8) is 0 Å². The monoisotopic (exact) mass is 978 g/mol. The molecule has 6 rings (SSSR count). The fraction of sp³-hybridized carbons (Fsp3) is 0.689. The molecule has 0 aromatic carbocycles. The summed E-state index contributed by atoms with van der Waals surface area (Å²) in [6, 6.07) is 0. The third kappa shape index (κ3) is 20.7. The summed E-state index contributed by atoms with van der Waals surface area (Å²) in [5, 5.41) is 0. The molecule has 303 valence electrons. The molecular formula is C45H75O6Y3-3. The van der Waals surface area contributed by atoms with Gasteiger partial charge in [-0.15, -0.1) is 0 Å². The first-order chi connectivity index (χ1) is 23.7. The number of ether oxygens (including phenoxy) is 6. The molecule has 0 aromatic rings. The van der Waals surface area contributed by atoms with Crippen LogP contribution in [0.15, 0.2) is 67.3 Å². The Morgan fingerprint density at radius 1 is 0.574 bits per heavy atom. The van der Waals surface area contributed by atoms with E-state index in [2.05, 4.69) is 80.2 Å². The van der Waals surface area contributed by atoms with Crippen LogP contribution in [0.2, 0.25) is 0 Å². The molecule has 6 saturated heterocycles. The molecule has 6 aliphatic heterocycles. The molecule has 9 heteroatoms. The zero-order valence-corrected chi connectivity index (χ0v) is 45.0. The standard InChI is InChI=1S/C13H22O3.C10H16.C8H13O2.C7H12.C4H7O.C3H5.3Y/c1-11(4-14-5-11)10(12(2)6-15-7-12)13(3)8-16-9-13;1-7(2)10(8(3)4)9(5)6;1-8(5-10-6-8)2-7-3-9-4-7;1-6(2)5-7(3)4;1-4-2-5-3-4;1-3-2;;;/h10H,4-9H2,1-3H3;10H,1,3,5H2,2,4,6H3;2-6H2,1H3;1,3,5H2,2,4H3;2-3H2,1H3;1H2,2H3;;;/q;;-1;;2*-1;;;. The first-order valence-electron chi connectivity index (χ1n) is 18.5.